The quantitative estimate of drug-likeness (QED) is 0.689. The van der Waals surface area contributed by atoms with Gasteiger partial charge in [-0.15, -0.1) is 0 Å². The van der Waals surface area contributed by atoms with Crippen LogP contribution in [0.4, 0.5) is 11.4 Å². The molecule has 1 aromatic rings. The molecule has 0 bridgehead atoms. The Balaban J connectivity index is 1.93. The molecule has 1 heterocycles. The molecule has 27 heavy (non-hydrogen) atoms. The van der Waals surface area contributed by atoms with E-state index in [4.69, 9.17) is 4.74 Å². The standard InChI is InChI=1S/C17H23N3O6S/c1-11(26-17(23)15-5-4-10-20(15)27(3,24)25)16(22)19-14-8-6-13(7-9-14)18-12(2)21/h6-9,11,15H,4-5,10H2,1-3H3,(H,18,21)(H,19,22). The van der Waals surface area contributed by atoms with E-state index in [1.807, 2.05) is 0 Å². The summed E-state index contributed by atoms with van der Waals surface area (Å²) in [7, 11) is -3.51. The lowest BCUT2D eigenvalue weighted by Crippen LogP contribution is -2.43. The number of nitrogens with one attached hydrogen (secondary N) is 2. The maximum Gasteiger partial charge on any atom is 0.325 e. The molecule has 0 aromatic heterocycles. The first-order valence-corrected chi connectivity index (χ1v) is 10.3. The summed E-state index contributed by atoms with van der Waals surface area (Å²) in [6, 6.07) is 5.54. The minimum absolute atomic E-state index is 0.206. The van der Waals surface area contributed by atoms with Crippen LogP contribution in [0.15, 0.2) is 24.3 Å². The fourth-order valence-electron chi connectivity index (χ4n) is 2.76. The van der Waals surface area contributed by atoms with Crippen LogP contribution >= 0.6 is 0 Å². The summed E-state index contributed by atoms with van der Waals surface area (Å²) in [5, 5.41) is 5.21. The zero-order valence-electron chi connectivity index (χ0n) is 15.4. The van der Waals surface area contributed by atoms with Crippen molar-refractivity contribution in [1.29, 1.82) is 0 Å². The number of ether oxygens (including phenoxy) is 1. The first-order valence-electron chi connectivity index (χ1n) is 8.44. The van der Waals surface area contributed by atoms with E-state index in [0.29, 0.717) is 24.2 Å². The zero-order chi connectivity index (χ0) is 20.2. The molecule has 10 heteroatoms. The Labute approximate surface area is 158 Å². The number of carbonyl (C=O) groups excluding carboxylic acids is 3. The minimum atomic E-state index is -3.51. The van der Waals surface area contributed by atoms with Crippen LogP contribution in [0.5, 0.6) is 0 Å². The SMILES string of the molecule is CC(=O)Nc1ccc(NC(=O)C(C)OC(=O)C2CCCN2S(C)(=O)=O)cc1. The Bertz CT molecular complexity index is 822. The molecule has 0 aliphatic carbocycles. The minimum Gasteiger partial charge on any atom is -0.451 e. The maximum atomic E-state index is 12.3. The van der Waals surface area contributed by atoms with Crippen LogP contribution in [0.2, 0.25) is 0 Å². The molecular weight excluding hydrogens is 374 g/mol. The Hall–Kier alpha value is -2.46. The number of amides is 2. The molecule has 2 unspecified atom stereocenters. The van der Waals surface area contributed by atoms with Crippen molar-refractivity contribution in [1.82, 2.24) is 4.31 Å². The topological polar surface area (TPSA) is 122 Å². The van der Waals surface area contributed by atoms with Crippen LogP contribution in [0.3, 0.4) is 0 Å². The summed E-state index contributed by atoms with van der Waals surface area (Å²) < 4.78 is 29.7. The summed E-state index contributed by atoms with van der Waals surface area (Å²) >= 11 is 0. The number of hydrogen-bond donors (Lipinski definition) is 2. The van der Waals surface area contributed by atoms with E-state index in [-0.39, 0.29) is 12.5 Å². The van der Waals surface area contributed by atoms with Gasteiger partial charge in [-0.2, -0.15) is 4.31 Å². The Morgan fingerprint density at radius 3 is 2.22 bits per heavy atom. The molecule has 1 fully saturated rings. The van der Waals surface area contributed by atoms with Crippen molar-refractivity contribution in [2.75, 3.05) is 23.4 Å². The average Bonchev–Trinajstić information content (AvgIpc) is 3.06. The molecule has 2 rings (SSSR count). The van der Waals surface area contributed by atoms with E-state index >= 15 is 0 Å². The molecule has 1 saturated heterocycles. The van der Waals surface area contributed by atoms with Crippen LogP contribution < -0.4 is 10.6 Å². The van der Waals surface area contributed by atoms with Gasteiger partial charge in [0.25, 0.3) is 5.91 Å². The fourth-order valence-corrected chi connectivity index (χ4v) is 3.88. The van der Waals surface area contributed by atoms with E-state index in [9.17, 15) is 22.8 Å². The third-order valence-corrected chi connectivity index (χ3v) is 5.33. The van der Waals surface area contributed by atoms with Gasteiger partial charge < -0.3 is 15.4 Å². The summed E-state index contributed by atoms with van der Waals surface area (Å²) in [5.74, 6) is -1.48. The predicted molar refractivity (Wildman–Crippen MR) is 99.5 cm³/mol. The van der Waals surface area contributed by atoms with Crippen molar-refractivity contribution in [3.8, 4) is 0 Å². The van der Waals surface area contributed by atoms with Gasteiger partial charge in [-0.1, -0.05) is 0 Å². The van der Waals surface area contributed by atoms with Crippen LogP contribution in [0.1, 0.15) is 26.7 Å². The van der Waals surface area contributed by atoms with Gasteiger partial charge in [-0.3, -0.25) is 14.4 Å². The first kappa shape index (κ1) is 20.8. The van der Waals surface area contributed by atoms with Crippen LogP contribution in [0.25, 0.3) is 0 Å². The largest absolute Gasteiger partial charge is 0.451 e. The smallest absolute Gasteiger partial charge is 0.325 e. The number of sulfonamides is 1. The van der Waals surface area contributed by atoms with E-state index in [1.54, 1.807) is 24.3 Å². The molecule has 148 valence electrons. The number of anilines is 2. The van der Waals surface area contributed by atoms with Crippen molar-refractivity contribution in [3.05, 3.63) is 24.3 Å². The summed E-state index contributed by atoms with van der Waals surface area (Å²) in [6.07, 6.45) is 0.882. The number of carbonyl (C=O) groups is 3. The lowest BCUT2D eigenvalue weighted by molar-refractivity contribution is -0.156. The fraction of sp³-hybridized carbons (Fsp3) is 0.471. The Morgan fingerprint density at radius 1 is 1.15 bits per heavy atom. The number of nitrogens with zero attached hydrogens (tertiary/aromatic N) is 1. The number of benzene rings is 1. The highest BCUT2D eigenvalue weighted by Crippen LogP contribution is 2.22. The van der Waals surface area contributed by atoms with E-state index in [0.717, 1.165) is 10.6 Å². The normalized spacial score (nSPS) is 18.6. The molecule has 0 saturated carbocycles. The molecule has 1 aromatic carbocycles. The van der Waals surface area contributed by atoms with E-state index in [1.165, 1.54) is 13.8 Å². The highest BCUT2D eigenvalue weighted by molar-refractivity contribution is 7.88. The predicted octanol–water partition coefficient (Wildman–Crippen LogP) is 0.939. The van der Waals surface area contributed by atoms with Crippen LogP contribution in [-0.2, 0) is 29.1 Å². The van der Waals surface area contributed by atoms with Crippen LogP contribution in [-0.4, -0.2) is 55.5 Å². The summed E-state index contributed by atoms with van der Waals surface area (Å²) in [5.41, 5.74) is 1.05. The van der Waals surface area contributed by atoms with Gasteiger partial charge in [-0.25, -0.2) is 8.42 Å². The van der Waals surface area contributed by atoms with Gasteiger partial charge in [-0.05, 0) is 44.0 Å². The number of esters is 1. The highest BCUT2D eigenvalue weighted by atomic mass is 32.2. The van der Waals surface area contributed by atoms with Gasteiger partial charge >= 0.3 is 5.97 Å². The lowest BCUT2D eigenvalue weighted by atomic mass is 10.2. The third kappa shape index (κ3) is 5.76. The molecular formula is C17H23N3O6S. The molecule has 1 aliphatic rings. The van der Waals surface area contributed by atoms with Gasteiger partial charge in [0.2, 0.25) is 15.9 Å². The van der Waals surface area contributed by atoms with Crippen molar-refractivity contribution in [3.63, 3.8) is 0 Å². The van der Waals surface area contributed by atoms with Crippen molar-refractivity contribution in [2.45, 2.75) is 38.8 Å². The Kier molecular flexibility index (Phi) is 6.55. The molecule has 2 amide bonds. The first-order chi connectivity index (χ1) is 12.6. The van der Waals surface area contributed by atoms with Gasteiger partial charge in [0.1, 0.15) is 6.04 Å². The highest BCUT2D eigenvalue weighted by Gasteiger charge is 2.38. The second kappa shape index (κ2) is 8.49. The summed E-state index contributed by atoms with van der Waals surface area (Å²) in [4.78, 5) is 35.5. The monoisotopic (exact) mass is 397 g/mol. The third-order valence-electron chi connectivity index (χ3n) is 4.04. The molecule has 1 aliphatic heterocycles. The maximum absolute atomic E-state index is 12.3. The number of rotatable bonds is 6. The van der Waals surface area contributed by atoms with E-state index in [2.05, 4.69) is 10.6 Å². The van der Waals surface area contributed by atoms with Gasteiger partial charge in [0.05, 0.1) is 6.26 Å². The lowest BCUT2D eigenvalue weighted by Gasteiger charge is -2.22. The second-order valence-electron chi connectivity index (χ2n) is 6.36. The molecule has 0 spiro atoms. The zero-order valence-corrected chi connectivity index (χ0v) is 16.2. The van der Waals surface area contributed by atoms with E-state index < -0.39 is 34.0 Å². The number of hydrogen-bond acceptors (Lipinski definition) is 6. The average molecular weight is 397 g/mol. The molecule has 0 radical (unpaired) electrons. The van der Waals surface area contributed by atoms with Gasteiger partial charge in [0.15, 0.2) is 6.10 Å². The van der Waals surface area contributed by atoms with Crippen LogP contribution in [0, 0.1) is 0 Å². The van der Waals surface area contributed by atoms with Crippen molar-refractivity contribution < 1.29 is 27.5 Å². The van der Waals surface area contributed by atoms with Crippen molar-refractivity contribution >= 4 is 39.2 Å². The summed E-state index contributed by atoms with van der Waals surface area (Å²) in [6.45, 7) is 3.07. The second-order valence-corrected chi connectivity index (χ2v) is 8.29. The van der Waals surface area contributed by atoms with Gasteiger partial charge in [0, 0.05) is 24.8 Å². The molecule has 2 atom stereocenters. The van der Waals surface area contributed by atoms with Crippen molar-refractivity contribution in [2.24, 2.45) is 0 Å². The molecule has 9 nitrogen and oxygen atoms in total. The Morgan fingerprint density at radius 2 is 1.70 bits per heavy atom. The molecule has 2 N–H and O–H groups in total.